The fraction of sp³-hybridized carbons (Fsp3) is 0.562. The Balaban J connectivity index is 2.51. The van der Waals surface area contributed by atoms with E-state index < -0.39 is 14.6 Å². The van der Waals surface area contributed by atoms with Crippen molar-refractivity contribution in [1.82, 2.24) is 0 Å². The first-order valence-electron chi connectivity index (χ1n) is 7.16. The summed E-state index contributed by atoms with van der Waals surface area (Å²) in [5.41, 5.74) is 2.02. The van der Waals surface area contributed by atoms with Crippen LogP contribution in [0.3, 0.4) is 0 Å². The first-order chi connectivity index (χ1) is 9.43. The van der Waals surface area contributed by atoms with Gasteiger partial charge >= 0.3 is 0 Å². The minimum absolute atomic E-state index is 0.295. The molecule has 1 aliphatic carbocycles. The quantitative estimate of drug-likeness (QED) is 0.781. The molecule has 108 valence electrons. The number of hydrogen-bond acceptors (Lipinski definition) is 3. The van der Waals surface area contributed by atoms with Crippen LogP contribution in [0.1, 0.15) is 49.7 Å². The average Bonchev–Trinajstić information content (AvgIpc) is 2.68. The van der Waals surface area contributed by atoms with Crippen molar-refractivity contribution in [1.29, 1.82) is 5.26 Å². The molecule has 0 N–H and O–H groups in total. The van der Waals surface area contributed by atoms with E-state index in [1.54, 1.807) is 12.1 Å². The van der Waals surface area contributed by atoms with Crippen molar-refractivity contribution >= 4 is 9.84 Å². The van der Waals surface area contributed by atoms with E-state index in [0.717, 1.165) is 36.8 Å². The molecule has 0 unspecified atom stereocenters. The van der Waals surface area contributed by atoms with Gasteiger partial charge in [0.25, 0.3) is 0 Å². The van der Waals surface area contributed by atoms with E-state index in [-0.39, 0.29) is 0 Å². The van der Waals surface area contributed by atoms with Crippen LogP contribution in [0, 0.1) is 25.2 Å². The molecule has 20 heavy (non-hydrogen) atoms. The molecule has 0 heterocycles. The van der Waals surface area contributed by atoms with Crippen LogP contribution in [0.15, 0.2) is 23.1 Å². The molecular weight excluding hydrogens is 270 g/mol. The second-order valence-electron chi connectivity index (χ2n) is 5.77. The van der Waals surface area contributed by atoms with E-state index in [9.17, 15) is 13.7 Å². The van der Waals surface area contributed by atoms with E-state index in [0.29, 0.717) is 17.7 Å². The van der Waals surface area contributed by atoms with Gasteiger partial charge in [-0.25, -0.2) is 8.42 Å². The lowest BCUT2D eigenvalue weighted by molar-refractivity contribution is 0.523. The summed E-state index contributed by atoms with van der Waals surface area (Å²) in [4.78, 5) is 0.295. The summed E-state index contributed by atoms with van der Waals surface area (Å²) >= 11 is 0. The van der Waals surface area contributed by atoms with Crippen molar-refractivity contribution in [3.63, 3.8) is 0 Å². The average molecular weight is 291 g/mol. The van der Waals surface area contributed by atoms with Crippen LogP contribution in [-0.4, -0.2) is 13.2 Å². The molecule has 0 atom stereocenters. The number of benzene rings is 1. The van der Waals surface area contributed by atoms with Crippen molar-refractivity contribution in [3.05, 3.63) is 29.3 Å². The van der Waals surface area contributed by atoms with Crippen molar-refractivity contribution in [2.24, 2.45) is 0 Å². The van der Waals surface area contributed by atoms with Gasteiger partial charge in [-0.15, -0.1) is 0 Å². The van der Waals surface area contributed by atoms with Gasteiger partial charge in [0.15, 0.2) is 14.6 Å². The maximum absolute atomic E-state index is 12.9. The summed E-state index contributed by atoms with van der Waals surface area (Å²) in [7, 11) is -3.60. The van der Waals surface area contributed by atoms with Crippen molar-refractivity contribution in [2.75, 3.05) is 0 Å². The Morgan fingerprint density at radius 2 is 1.65 bits per heavy atom. The van der Waals surface area contributed by atoms with E-state index in [1.165, 1.54) is 0 Å². The number of nitrogens with zero attached hydrogens (tertiary/aromatic N) is 1. The van der Waals surface area contributed by atoms with Gasteiger partial charge < -0.3 is 0 Å². The predicted molar refractivity (Wildman–Crippen MR) is 79.1 cm³/mol. The summed E-state index contributed by atoms with van der Waals surface area (Å²) in [6, 6.07) is 7.31. The lowest BCUT2D eigenvalue weighted by atomic mass is 10.0. The van der Waals surface area contributed by atoms with Crippen LogP contribution in [-0.2, 0) is 9.84 Å². The summed E-state index contributed by atoms with van der Waals surface area (Å²) in [6.07, 6.45) is 4.59. The largest absolute Gasteiger partial charge is 0.222 e. The maximum atomic E-state index is 12.9. The molecule has 1 fully saturated rings. The zero-order valence-electron chi connectivity index (χ0n) is 12.1. The lowest BCUT2D eigenvalue weighted by Gasteiger charge is -2.25. The van der Waals surface area contributed by atoms with Gasteiger partial charge in [0.05, 0.1) is 11.0 Å². The molecule has 0 spiro atoms. The summed E-state index contributed by atoms with van der Waals surface area (Å²) in [6.45, 7) is 3.86. The second-order valence-corrected chi connectivity index (χ2v) is 8.03. The van der Waals surface area contributed by atoms with Crippen molar-refractivity contribution < 1.29 is 8.42 Å². The van der Waals surface area contributed by atoms with Crippen LogP contribution in [0.4, 0.5) is 0 Å². The minimum Gasteiger partial charge on any atom is -0.222 e. The molecule has 0 radical (unpaired) electrons. The molecule has 0 aliphatic heterocycles. The first kappa shape index (κ1) is 15.1. The zero-order valence-corrected chi connectivity index (χ0v) is 13.0. The highest BCUT2D eigenvalue weighted by atomic mass is 32.2. The number of rotatable bonds is 2. The molecule has 0 aromatic heterocycles. The van der Waals surface area contributed by atoms with Gasteiger partial charge in [0.1, 0.15) is 0 Å². The SMILES string of the molecule is Cc1ccc(S(=O)(=O)C2(C#N)CCCCCC2)cc1C. The van der Waals surface area contributed by atoms with E-state index >= 15 is 0 Å². The normalized spacial score (nSPS) is 19.1. The van der Waals surface area contributed by atoms with Crippen LogP contribution in [0.5, 0.6) is 0 Å². The third-order valence-corrected chi connectivity index (χ3v) is 6.82. The molecule has 0 amide bonds. The number of aryl methyl sites for hydroxylation is 2. The molecule has 3 nitrogen and oxygen atoms in total. The monoisotopic (exact) mass is 291 g/mol. The van der Waals surface area contributed by atoms with Gasteiger partial charge in [0.2, 0.25) is 0 Å². The molecule has 4 heteroatoms. The Morgan fingerprint density at radius 1 is 1.05 bits per heavy atom. The highest BCUT2D eigenvalue weighted by Crippen LogP contribution is 2.37. The van der Waals surface area contributed by atoms with Crippen LogP contribution in [0.25, 0.3) is 0 Å². The summed E-state index contributed by atoms with van der Waals surface area (Å²) in [5.74, 6) is 0. The van der Waals surface area contributed by atoms with Crippen LogP contribution in [0.2, 0.25) is 0 Å². The zero-order chi connectivity index (χ0) is 14.8. The van der Waals surface area contributed by atoms with E-state index in [4.69, 9.17) is 0 Å². The predicted octanol–water partition coefficient (Wildman–Crippen LogP) is 3.69. The summed E-state index contributed by atoms with van der Waals surface area (Å²) in [5, 5.41) is 9.56. The molecular formula is C16H21NO2S. The third-order valence-electron chi connectivity index (χ3n) is 4.42. The molecule has 1 aliphatic rings. The standard InChI is InChI=1S/C16H21NO2S/c1-13-7-8-15(11-14(13)2)20(18,19)16(12-17)9-5-3-4-6-10-16/h7-8,11H,3-6,9-10H2,1-2H3. The Bertz CT molecular complexity index is 633. The van der Waals surface area contributed by atoms with Crippen LogP contribution >= 0.6 is 0 Å². The van der Waals surface area contributed by atoms with Gasteiger partial charge in [-0.05, 0) is 49.9 Å². The summed E-state index contributed by atoms with van der Waals surface area (Å²) < 4.78 is 24.6. The van der Waals surface area contributed by atoms with Gasteiger partial charge in [-0.3, -0.25) is 0 Å². The van der Waals surface area contributed by atoms with Crippen molar-refractivity contribution in [3.8, 4) is 6.07 Å². The molecule has 1 aromatic rings. The third kappa shape index (κ3) is 2.47. The topological polar surface area (TPSA) is 57.9 Å². The Labute approximate surface area is 121 Å². The van der Waals surface area contributed by atoms with Gasteiger partial charge in [0, 0.05) is 0 Å². The lowest BCUT2D eigenvalue weighted by Crippen LogP contribution is -2.36. The Kier molecular flexibility index (Phi) is 4.19. The van der Waals surface area contributed by atoms with E-state index in [2.05, 4.69) is 6.07 Å². The number of nitriles is 1. The number of hydrogen-bond donors (Lipinski definition) is 0. The van der Waals surface area contributed by atoms with Gasteiger partial charge in [-0.2, -0.15) is 5.26 Å². The maximum Gasteiger partial charge on any atom is 0.197 e. The molecule has 2 rings (SSSR count). The second kappa shape index (κ2) is 5.57. The molecule has 0 bridgehead atoms. The fourth-order valence-corrected chi connectivity index (χ4v) is 4.82. The van der Waals surface area contributed by atoms with Crippen molar-refractivity contribution in [2.45, 2.75) is 62.0 Å². The van der Waals surface area contributed by atoms with Crippen LogP contribution < -0.4 is 0 Å². The van der Waals surface area contributed by atoms with E-state index in [1.807, 2.05) is 19.9 Å². The smallest absolute Gasteiger partial charge is 0.197 e. The molecule has 0 saturated heterocycles. The highest BCUT2D eigenvalue weighted by molar-refractivity contribution is 7.93. The highest BCUT2D eigenvalue weighted by Gasteiger charge is 2.45. The number of sulfone groups is 1. The fourth-order valence-electron chi connectivity index (χ4n) is 2.85. The first-order valence-corrected chi connectivity index (χ1v) is 8.64. The molecule has 1 saturated carbocycles. The Morgan fingerprint density at radius 3 is 2.15 bits per heavy atom. The minimum atomic E-state index is -3.60. The molecule has 1 aromatic carbocycles. The van der Waals surface area contributed by atoms with Gasteiger partial charge in [-0.1, -0.05) is 31.7 Å². The Hall–Kier alpha value is -1.34.